The maximum atomic E-state index is 11.7. The van der Waals surface area contributed by atoms with E-state index in [4.69, 9.17) is 0 Å². The van der Waals surface area contributed by atoms with Crippen LogP contribution in [0.2, 0.25) is 0 Å². The van der Waals surface area contributed by atoms with Crippen molar-refractivity contribution in [1.29, 1.82) is 0 Å². The highest BCUT2D eigenvalue weighted by Crippen LogP contribution is 2.05. The Morgan fingerprint density at radius 3 is 2.68 bits per heavy atom. The van der Waals surface area contributed by atoms with Crippen molar-refractivity contribution in [2.24, 2.45) is 7.05 Å². The zero-order valence-electron chi connectivity index (χ0n) is 11.1. The molecule has 1 N–H and O–H groups in total. The normalized spacial score (nSPS) is 10.8. The minimum atomic E-state index is -0.101. The molecule has 0 atom stereocenters. The van der Waals surface area contributed by atoms with Gasteiger partial charge in [-0.3, -0.25) is 9.78 Å². The first-order valence-electron chi connectivity index (χ1n) is 6.14. The van der Waals surface area contributed by atoms with E-state index in [1.54, 1.807) is 18.5 Å². The third-order valence-electron chi connectivity index (χ3n) is 3.05. The van der Waals surface area contributed by atoms with Gasteiger partial charge in [0, 0.05) is 36.9 Å². The fourth-order valence-electron chi connectivity index (χ4n) is 1.73. The maximum Gasteiger partial charge on any atom is 0.244 e. The van der Waals surface area contributed by atoms with Crippen LogP contribution in [0.4, 0.5) is 0 Å². The molecular weight excluding hydrogens is 238 g/mol. The monoisotopic (exact) mass is 255 g/mol. The molecule has 19 heavy (non-hydrogen) atoms. The molecule has 0 saturated carbocycles. The Balaban J connectivity index is 1.89. The van der Waals surface area contributed by atoms with Gasteiger partial charge in [0.1, 0.15) is 0 Å². The second-order valence-electron chi connectivity index (χ2n) is 4.36. The lowest BCUT2D eigenvalue weighted by atomic mass is 10.2. The second-order valence-corrected chi connectivity index (χ2v) is 4.36. The molecule has 2 heterocycles. The summed E-state index contributed by atoms with van der Waals surface area (Å²) in [6.45, 7) is 2.57. The molecule has 0 aliphatic rings. The summed E-state index contributed by atoms with van der Waals surface area (Å²) in [7, 11) is 1.99. The standard InChI is InChI=1S/C15H17N3O/c1-12-3-5-14(18(12)2)11-17-15(19)6-4-13-7-9-16-10-8-13/h3-10H,11H2,1-2H3,(H,17,19)/b6-4-. The van der Waals surface area contributed by atoms with E-state index >= 15 is 0 Å². The molecule has 2 rings (SSSR count). The summed E-state index contributed by atoms with van der Waals surface area (Å²) in [5, 5.41) is 2.86. The number of nitrogens with one attached hydrogen (secondary N) is 1. The highest BCUT2D eigenvalue weighted by atomic mass is 16.1. The molecule has 0 unspecified atom stereocenters. The summed E-state index contributed by atoms with van der Waals surface area (Å²) in [6.07, 6.45) is 6.70. The fourth-order valence-corrected chi connectivity index (χ4v) is 1.73. The second kappa shape index (κ2) is 6.00. The van der Waals surface area contributed by atoms with Crippen LogP contribution in [0, 0.1) is 6.92 Å². The number of aryl methyl sites for hydroxylation is 1. The number of hydrogen-bond acceptors (Lipinski definition) is 2. The van der Waals surface area contributed by atoms with Crippen molar-refractivity contribution in [3.63, 3.8) is 0 Å². The average molecular weight is 255 g/mol. The van der Waals surface area contributed by atoms with E-state index in [-0.39, 0.29) is 5.91 Å². The van der Waals surface area contributed by atoms with Crippen molar-refractivity contribution >= 4 is 12.0 Å². The molecule has 98 valence electrons. The first-order chi connectivity index (χ1) is 9.16. The van der Waals surface area contributed by atoms with E-state index in [1.807, 2.05) is 38.2 Å². The Hall–Kier alpha value is -2.36. The van der Waals surface area contributed by atoms with Gasteiger partial charge in [-0.05, 0) is 42.8 Å². The number of carbonyl (C=O) groups is 1. The Morgan fingerprint density at radius 2 is 2.05 bits per heavy atom. The third kappa shape index (κ3) is 3.55. The molecule has 0 aliphatic carbocycles. The van der Waals surface area contributed by atoms with Crippen LogP contribution >= 0.6 is 0 Å². The van der Waals surface area contributed by atoms with Crippen LogP contribution in [0.25, 0.3) is 6.08 Å². The fraction of sp³-hybridized carbons (Fsp3) is 0.200. The predicted octanol–water partition coefficient (Wildman–Crippen LogP) is 2.06. The van der Waals surface area contributed by atoms with Gasteiger partial charge in [-0.15, -0.1) is 0 Å². The van der Waals surface area contributed by atoms with Crippen molar-refractivity contribution in [3.05, 3.63) is 59.7 Å². The van der Waals surface area contributed by atoms with Crippen molar-refractivity contribution in [2.75, 3.05) is 0 Å². The molecule has 2 aromatic heterocycles. The molecule has 0 aliphatic heterocycles. The quantitative estimate of drug-likeness (QED) is 0.850. The van der Waals surface area contributed by atoms with Gasteiger partial charge in [0.05, 0.1) is 6.54 Å². The van der Waals surface area contributed by atoms with Gasteiger partial charge in [-0.1, -0.05) is 0 Å². The van der Waals surface area contributed by atoms with Crippen molar-refractivity contribution in [2.45, 2.75) is 13.5 Å². The number of rotatable bonds is 4. The van der Waals surface area contributed by atoms with E-state index in [9.17, 15) is 4.79 Å². The highest BCUT2D eigenvalue weighted by molar-refractivity contribution is 5.91. The number of aromatic nitrogens is 2. The van der Waals surface area contributed by atoms with Crippen LogP contribution in [0.3, 0.4) is 0 Å². The first-order valence-corrected chi connectivity index (χ1v) is 6.14. The van der Waals surface area contributed by atoms with Crippen LogP contribution in [0.1, 0.15) is 17.0 Å². The Morgan fingerprint density at radius 1 is 1.32 bits per heavy atom. The SMILES string of the molecule is Cc1ccc(CNC(=O)/C=C\c2ccncc2)n1C. The number of nitrogens with zero attached hydrogens (tertiary/aromatic N) is 2. The van der Waals surface area contributed by atoms with Crippen LogP contribution in [-0.4, -0.2) is 15.5 Å². The summed E-state index contributed by atoms with van der Waals surface area (Å²) in [5.41, 5.74) is 3.22. The van der Waals surface area contributed by atoms with Crippen LogP contribution in [-0.2, 0) is 18.4 Å². The Labute approximate surface area is 112 Å². The Bertz CT molecular complexity index is 585. The van der Waals surface area contributed by atoms with E-state index in [1.165, 1.54) is 11.8 Å². The average Bonchev–Trinajstić information content (AvgIpc) is 2.75. The van der Waals surface area contributed by atoms with E-state index in [0.717, 1.165) is 11.3 Å². The molecule has 0 aromatic carbocycles. The van der Waals surface area contributed by atoms with Gasteiger partial charge in [0.25, 0.3) is 0 Å². The minimum absolute atomic E-state index is 0.101. The first kappa shape index (κ1) is 13.1. The molecule has 4 nitrogen and oxygen atoms in total. The molecule has 1 amide bonds. The van der Waals surface area contributed by atoms with Gasteiger partial charge < -0.3 is 9.88 Å². The van der Waals surface area contributed by atoms with Crippen LogP contribution < -0.4 is 5.32 Å². The molecule has 0 bridgehead atoms. The zero-order valence-corrected chi connectivity index (χ0v) is 11.1. The van der Waals surface area contributed by atoms with Crippen molar-refractivity contribution in [3.8, 4) is 0 Å². The molecular formula is C15H17N3O. The van der Waals surface area contributed by atoms with E-state index in [0.29, 0.717) is 6.54 Å². The van der Waals surface area contributed by atoms with E-state index < -0.39 is 0 Å². The van der Waals surface area contributed by atoms with Crippen molar-refractivity contribution < 1.29 is 4.79 Å². The summed E-state index contributed by atoms with van der Waals surface area (Å²) < 4.78 is 2.06. The largest absolute Gasteiger partial charge is 0.350 e. The van der Waals surface area contributed by atoms with Crippen LogP contribution in [0.5, 0.6) is 0 Å². The lowest BCUT2D eigenvalue weighted by molar-refractivity contribution is -0.116. The number of amides is 1. The highest BCUT2D eigenvalue weighted by Gasteiger charge is 2.02. The summed E-state index contributed by atoms with van der Waals surface area (Å²) in [6, 6.07) is 7.76. The maximum absolute atomic E-state index is 11.7. The predicted molar refractivity (Wildman–Crippen MR) is 75.3 cm³/mol. The molecule has 0 spiro atoms. The van der Waals surface area contributed by atoms with Gasteiger partial charge in [0.2, 0.25) is 5.91 Å². The molecule has 4 heteroatoms. The summed E-state index contributed by atoms with van der Waals surface area (Å²) in [5.74, 6) is -0.101. The summed E-state index contributed by atoms with van der Waals surface area (Å²) in [4.78, 5) is 15.6. The smallest absolute Gasteiger partial charge is 0.244 e. The molecule has 2 aromatic rings. The molecule has 0 fully saturated rings. The molecule has 0 saturated heterocycles. The lowest BCUT2D eigenvalue weighted by Crippen LogP contribution is -2.21. The van der Waals surface area contributed by atoms with Gasteiger partial charge in [-0.2, -0.15) is 0 Å². The zero-order chi connectivity index (χ0) is 13.7. The minimum Gasteiger partial charge on any atom is -0.350 e. The van der Waals surface area contributed by atoms with E-state index in [2.05, 4.69) is 14.9 Å². The van der Waals surface area contributed by atoms with Crippen molar-refractivity contribution in [1.82, 2.24) is 14.9 Å². The van der Waals surface area contributed by atoms with Gasteiger partial charge in [-0.25, -0.2) is 0 Å². The third-order valence-corrected chi connectivity index (χ3v) is 3.05. The number of hydrogen-bond donors (Lipinski definition) is 1. The number of carbonyl (C=O) groups excluding carboxylic acids is 1. The summed E-state index contributed by atoms with van der Waals surface area (Å²) >= 11 is 0. The van der Waals surface area contributed by atoms with Gasteiger partial charge in [0.15, 0.2) is 0 Å². The topological polar surface area (TPSA) is 46.9 Å². The molecule has 0 radical (unpaired) electrons. The lowest BCUT2D eigenvalue weighted by Gasteiger charge is -2.05. The number of pyridine rings is 1. The van der Waals surface area contributed by atoms with Gasteiger partial charge >= 0.3 is 0 Å². The van der Waals surface area contributed by atoms with Crippen LogP contribution in [0.15, 0.2) is 42.7 Å². The Kier molecular flexibility index (Phi) is 4.13.